The van der Waals surface area contributed by atoms with Crippen molar-refractivity contribution in [3.63, 3.8) is 0 Å². The van der Waals surface area contributed by atoms with Gasteiger partial charge < -0.3 is 19.9 Å². The Hall–Kier alpha value is -1.40. The average Bonchev–Trinajstić information content (AvgIpc) is 2.44. The maximum absolute atomic E-state index is 12.3. The summed E-state index contributed by atoms with van der Waals surface area (Å²) in [6.45, 7) is 1.40. The monoisotopic (exact) mass is 289 g/mol. The lowest BCUT2D eigenvalue weighted by atomic mass is 10.00. The summed E-state index contributed by atoms with van der Waals surface area (Å²) in [5, 5.41) is 12.5. The maximum Gasteiger partial charge on any atom is 0.387 e. The Morgan fingerprint density at radius 2 is 2.05 bits per heavy atom. The van der Waals surface area contributed by atoms with Crippen LogP contribution in [0.25, 0.3) is 0 Å². The molecule has 0 aliphatic heterocycles. The minimum atomic E-state index is -2.90. The van der Waals surface area contributed by atoms with Crippen LogP contribution in [0.15, 0.2) is 18.2 Å². The summed E-state index contributed by atoms with van der Waals surface area (Å²) >= 11 is 0. The minimum absolute atomic E-state index is 0.0000455. The van der Waals surface area contributed by atoms with Crippen LogP contribution in [0.1, 0.15) is 25.8 Å². The first-order chi connectivity index (χ1) is 9.44. The van der Waals surface area contributed by atoms with Gasteiger partial charge in [0.1, 0.15) is 0 Å². The molecule has 1 atom stereocenters. The molecule has 1 rings (SSSR count). The van der Waals surface area contributed by atoms with Gasteiger partial charge in [0, 0.05) is 12.1 Å². The van der Waals surface area contributed by atoms with Crippen LogP contribution < -0.4 is 14.8 Å². The van der Waals surface area contributed by atoms with Crippen LogP contribution in [0, 0.1) is 0 Å². The molecule has 1 aromatic carbocycles. The van der Waals surface area contributed by atoms with E-state index < -0.39 is 12.2 Å². The first-order valence-corrected chi connectivity index (χ1v) is 6.41. The quantitative estimate of drug-likeness (QED) is 0.772. The number of hydrogen-bond donors (Lipinski definition) is 2. The molecule has 0 fully saturated rings. The van der Waals surface area contributed by atoms with Crippen molar-refractivity contribution in [1.29, 1.82) is 0 Å². The van der Waals surface area contributed by atoms with Gasteiger partial charge in [-0.2, -0.15) is 8.78 Å². The Labute approximate surface area is 117 Å². The zero-order chi connectivity index (χ0) is 15.2. The molecule has 114 valence electrons. The Bertz CT molecular complexity index is 423. The average molecular weight is 289 g/mol. The van der Waals surface area contributed by atoms with Gasteiger partial charge in [0.25, 0.3) is 0 Å². The van der Waals surface area contributed by atoms with E-state index in [9.17, 15) is 13.9 Å². The molecule has 0 amide bonds. The van der Waals surface area contributed by atoms with Gasteiger partial charge in [0.15, 0.2) is 11.5 Å². The molecule has 4 nitrogen and oxygen atoms in total. The number of ether oxygens (including phenoxy) is 2. The molecule has 0 saturated heterocycles. The molecule has 0 saturated carbocycles. The molecule has 2 N–H and O–H groups in total. The standard InChI is InChI=1S/C14H21F2NO3/c1-4-14(2,9-18)17-8-10-5-6-11(19-3)12(7-10)20-13(15)16/h5-7,13,17-18H,4,8-9H2,1-3H3. The molecule has 0 aliphatic carbocycles. The van der Waals surface area contributed by atoms with Gasteiger partial charge in [0.05, 0.1) is 13.7 Å². The van der Waals surface area contributed by atoms with Gasteiger partial charge in [-0.15, -0.1) is 0 Å². The van der Waals surface area contributed by atoms with E-state index in [1.165, 1.54) is 13.2 Å². The van der Waals surface area contributed by atoms with Crippen LogP contribution in [-0.4, -0.2) is 31.0 Å². The molecular formula is C14H21F2NO3. The Morgan fingerprint density at radius 3 is 2.55 bits per heavy atom. The summed E-state index contributed by atoms with van der Waals surface area (Å²) in [7, 11) is 1.39. The smallest absolute Gasteiger partial charge is 0.387 e. The third-order valence-electron chi connectivity index (χ3n) is 3.29. The van der Waals surface area contributed by atoms with Crippen LogP contribution in [0.2, 0.25) is 0 Å². The van der Waals surface area contributed by atoms with Crippen molar-refractivity contribution in [2.45, 2.75) is 39.0 Å². The Balaban J connectivity index is 2.81. The number of aliphatic hydroxyl groups excluding tert-OH is 1. The van der Waals surface area contributed by atoms with Crippen molar-refractivity contribution in [3.8, 4) is 11.5 Å². The van der Waals surface area contributed by atoms with Crippen LogP contribution in [0.3, 0.4) is 0 Å². The SMILES string of the molecule is CCC(C)(CO)NCc1ccc(OC)c(OC(F)F)c1. The molecule has 0 bridgehead atoms. The van der Waals surface area contributed by atoms with E-state index in [4.69, 9.17) is 4.74 Å². The molecule has 1 aromatic rings. The number of benzene rings is 1. The lowest BCUT2D eigenvalue weighted by Crippen LogP contribution is -2.44. The fraction of sp³-hybridized carbons (Fsp3) is 0.571. The highest BCUT2D eigenvalue weighted by atomic mass is 19.3. The summed E-state index contributed by atoms with van der Waals surface area (Å²) in [5.41, 5.74) is 0.374. The van der Waals surface area contributed by atoms with Crippen molar-refractivity contribution in [2.24, 2.45) is 0 Å². The number of halogens is 2. The molecular weight excluding hydrogens is 268 g/mol. The summed E-state index contributed by atoms with van der Waals surface area (Å²) in [4.78, 5) is 0. The van der Waals surface area contributed by atoms with Crippen LogP contribution in [-0.2, 0) is 6.54 Å². The third kappa shape index (κ3) is 4.61. The van der Waals surface area contributed by atoms with Gasteiger partial charge in [-0.05, 0) is 31.0 Å². The normalized spacial score (nSPS) is 14.2. The zero-order valence-electron chi connectivity index (χ0n) is 12.0. The Morgan fingerprint density at radius 1 is 1.35 bits per heavy atom. The third-order valence-corrected chi connectivity index (χ3v) is 3.29. The lowest BCUT2D eigenvalue weighted by molar-refractivity contribution is -0.0512. The highest BCUT2D eigenvalue weighted by Gasteiger charge is 2.20. The van der Waals surface area contributed by atoms with Gasteiger partial charge in [-0.25, -0.2) is 0 Å². The number of hydrogen-bond acceptors (Lipinski definition) is 4. The first-order valence-electron chi connectivity index (χ1n) is 6.41. The minimum Gasteiger partial charge on any atom is -0.493 e. The summed E-state index contributed by atoms with van der Waals surface area (Å²) in [5.74, 6) is 0.262. The Kier molecular flexibility index (Phi) is 6.16. The maximum atomic E-state index is 12.3. The fourth-order valence-electron chi connectivity index (χ4n) is 1.63. The van der Waals surface area contributed by atoms with E-state index in [1.54, 1.807) is 12.1 Å². The summed E-state index contributed by atoms with van der Waals surface area (Å²) in [6, 6.07) is 4.85. The van der Waals surface area contributed by atoms with Gasteiger partial charge in [-0.1, -0.05) is 13.0 Å². The van der Waals surface area contributed by atoms with Gasteiger partial charge in [-0.3, -0.25) is 0 Å². The molecule has 0 aromatic heterocycles. The molecule has 20 heavy (non-hydrogen) atoms. The number of rotatable bonds is 8. The van der Waals surface area contributed by atoms with Gasteiger partial charge >= 0.3 is 6.61 Å². The van der Waals surface area contributed by atoms with Crippen molar-refractivity contribution in [1.82, 2.24) is 5.32 Å². The number of nitrogens with one attached hydrogen (secondary N) is 1. The van der Waals surface area contributed by atoms with E-state index in [0.717, 1.165) is 12.0 Å². The van der Waals surface area contributed by atoms with E-state index in [-0.39, 0.29) is 18.1 Å². The molecule has 0 aliphatic rings. The van der Waals surface area contributed by atoms with E-state index in [1.807, 2.05) is 13.8 Å². The van der Waals surface area contributed by atoms with Crippen molar-refractivity contribution in [2.75, 3.05) is 13.7 Å². The van der Waals surface area contributed by atoms with E-state index in [2.05, 4.69) is 10.1 Å². The predicted molar refractivity (Wildman–Crippen MR) is 72.2 cm³/mol. The van der Waals surface area contributed by atoms with Crippen molar-refractivity contribution >= 4 is 0 Å². The highest BCUT2D eigenvalue weighted by molar-refractivity contribution is 5.43. The number of aliphatic hydroxyl groups is 1. The second-order valence-corrected chi connectivity index (χ2v) is 4.79. The van der Waals surface area contributed by atoms with Gasteiger partial charge in [0.2, 0.25) is 0 Å². The van der Waals surface area contributed by atoms with Crippen LogP contribution in [0.4, 0.5) is 8.78 Å². The molecule has 6 heteroatoms. The highest BCUT2D eigenvalue weighted by Crippen LogP contribution is 2.29. The zero-order valence-corrected chi connectivity index (χ0v) is 12.0. The first kappa shape index (κ1) is 16.7. The lowest BCUT2D eigenvalue weighted by Gasteiger charge is -2.27. The second kappa shape index (κ2) is 7.40. The largest absolute Gasteiger partial charge is 0.493 e. The molecule has 0 spiro atoms. The van der Waals surface area contributed by atoms with Crippen LogP contribution >= 0.6 is 0 Å². The van der Waals surface area contributed by atoms with E-state index in [0.29, 0.717) is 6.54 Å². The molecule has 0 radical (unpaired) electrons. The fourth-order valence-corrected chi connectivity index (χ4v) is 1.63. The predicted octanol–water partition coefficient (Wildman–Crippen LogP) is 2.55. The molecule has 0 heterocycles. The van der Waals surface area contributed by atoms with Crippen molar-refractivity contribution in [3.05, 3.63) is 23.8 Å². The number of methoxy groups -OCH3 is 1. The molecule has 1 unspecified atom stereocenters. The summed E-state index contributed by atoms with van der Waals surface area (Å²) in [6.07, 6.45) is 0.750. The van der Waals surface area contributed by atoms with E-state index >= 15 is 0 Å². The van der Waals surface area contributed by atoms with Crippen molar-refractivity contribution < 1.29 is 23.4 Å². The number of alkyl halides is 2. The summed E-state index contributed by atoms with van der Waals surface area (Å²) < 4.78 is 34.0. The topological polar surface area (TPSA) is 50.7 Å². The second-order valence-electron chi connectivity index (χ2n) is 4.79. The van der Waals surface area contributed by atoms with Crippen LogP contribution in [0.5, 0.6) is 11.5 Å².